The molecule has 20 heavy (non-hydrogen) atoms. The summed E-state index contributed by atoms with van der Waals surface area (Å²) >= 11 is 5.80. The molecule has 1 aromatic heterocycles. The zero-order valence-electron chi connectivity index (χ0n) is 10.0. The molecule has 0 bridgehead atoms. The van der Waals surface area contributed by atoms with Crippen molar-refractivity contribution in [3.63, 3.8) is 0 Å². The van der Waals surface area contributed by atoms with Crippen molar-refractivity contribution in [3.05, 3.63) is 29.0 Å². The van der Waals surface area contributed by atoms with Crippen LogP contribution >= 0.6 is 11.6 Å². The van der Waals surface area contributed by atoms with E-state index in [9.17, 15) is 23.0 Å². The van der Waals surface area contributed by atoms with Crippen molar-refractivity contribution in [1.82, 2.24) is 0 Å². The van der Waals surface area contributed by atoms with E-state index in [2.05, 4.69) is 0 Å². The van der Waals surface area contributed by atoms with Crippen LogP contribution in [0, 0.1) is 5.82 Å². The van der Waals surface area contributed by atoms with E-state index in [0.717, 1.165) is 18.4 Å². The van der Waals surface area contributed by atoms with Gasteiger partial charge in [-0.15, -0.1) is 0 Å². The number of furan rings is 1. The Morgan fingerprint density at radius 2 is 1.95 bits per heavy atom. The average Bonchev–Trinajstić information content (AvgIpc) is 2.56. The highest BCUT2D eigenvalue weighted by molar-refractivity contribution is 7.92. The summed E-state index contributed by atoms with van der Waals surface area (Å²) < 4.78 is 42.0. The SMILES string of the molecule is CS(=O)(=O)Nc1oc(-c2ccc(F)cc2Cl)c(O)c1O. The van der Waals surface area contributed by atoms with Crippen molar-refractivity contribution >= 4 is 27.5 Å². The summed E-state index contributed by atoms with van der Waals surface area (Å²) in [7, 11) is -3.71. The molecule has 0 fully saturated rings. The lowest BCUT2D eigenvalue weighted by Gasteiger charge is -2.01. The van der Waals surface area contributed by atoms with Crippen LogP contribution in [0.15, 0.2) is 22.6 Å². The lowest BCUT2D eigenvalue weighted by molar-refractivity contribution is 0.410. The fraction of sp³-hybridized carbons (Fsp3) is 0.0909. The molecule has 0 saturated heterocycles. The number of nitrogens with one attached hydrogen (secondary N) is 1. The molecule has 6 nitrogen and oxygen atoms in total. The molecule has 0 aliphatic carbocycles. The number of hydrogen-bond acceptors (Lipinski definition) is 5. The van der Waals surface area contributed by atoms with Crippen LogP contribution in [0.1, 0.15) is 0 Å². The predicted molar refractivity (Wildman–Crippen MR) is 70.9 cm³/mol. The van der Waals surface area contributed by atoms with Gasteiger partial charge in [0, 0.05) is 5.56 Å². The maximum absolute atomic E-state index is 13.0. The summed E-state index contributed by atoms with van der Waals surface area (Å²) in [5, 5.41) is 19.3. The second kappa shape index (κ2) is 4.88. The maximum Gasteiger partial charge on any atom is 0.253 e. The summed E-state index contributed by atoms with van der Waals surface area (Å²) in [5.41, 5.74) is 0.0995. The molecular formula is C11H9ClFNO5S. The van der Waals surface area contributed by atoms with Crippen molar-refractivity contribution in [3.8, 4) is 22.8 Å². The van der Waals surface area contributed by atoms with E-state index in [1.165, 1.54) is 6.07 Å². The van der Waals surface area contributed by atoms with Gasteiger partial charge in [0.1, 0.15) is 5.82 Å². The van der Waals surface area contributed by atoms with Crippen LogP contribution in [0.3, 0.4) is 0 Å². The third-order valence-corrected chi connectivity index (χ3v) is 3.18. The molecule has 2 aromatic rings. The second-order valence-electron chi connectivity index (χ2n) is 3.96. The van der Waals surface area contributed by atoms with Crippen molar-refractivity contribution in [2.75, 3.05) is 11.0 Å². The Kier molecular flexibility index (Phi) is 3.53. The number of aromatic hydroxyl groups is 2. The molecule has 9 heteroatoms. The maximum atomic E-state index is 13.0. The zero-order chi connectivity index (χ0) is 15.1. The molecule has 108 valence electrons. The van der Waals surface area contributed by atoms with E-state index in [0.29, 0.717) is 0 Å². The van der Waals surface area contributed by atoms with E-state index in [1.807, 2.05) is 4.72 Å². The van der Waals surface area contributed by atoms with Gasteiger partial charge >= 0.3 is 0 Å². The summed E-state index contributed by atoms with van der Waals surface area (Å²) in [6.07, 6.45) is 0.844. The lowest BCUT2D eigenvalue weighted by Crippen LogP contribution is -2.08. The Hall–Kier alpha value is -1.93. The molecule has 0 atom stereocenters. The molecular weight excluding hydrogens is 313 g/mol. The zero-order valence-corrected chi connectivity index (χ0v) is 11.6. The van der Waals surface area contributed by atoms with Crippen LogP contribution in [0.2, 0.25) is 5.02 Å². The highest BCUT2D eigenvalue weighted by Crippen LogP contribution is 2.47. The van der Waals surface area contributed by atoms with Crippen molar-refractivity contribution in [1.29, 1.82) is 0 Å². The van der Waals surface area contributed by atoms with Crippen LogP contribution in [0.5, 0.6) is 11.5 Å². The summed E-state index contributed by atoms with van der Waals surface area (Å²) in [5.74, 6) is -2.92. The number of anilines is 1. The summed E-state index contributed by atoms with van der Waals surface area (Å²) in [6.45, 7) is 0. The van der Waals surface area contributed by atoms with Crippen LogP contribution < -0.4 is 4.72 Å². The second-order valence-corrected chi connectivity index (χ2v) is 6.11. The first-order valence-corrected chi connectivity index (χ1v) is 7.44. The summed E-state index contributed by atoms with van der Waals surface area (Å²) in [6, 6.07) is 3.28. The smallest absolute Gasteiger partial charge is 0.253 e. The van der Waals surface area contributed by atoms with Crippen molar-refractivity contribution in [2.24, 2.45) is 0 Å². The van der Waals surface area contributed by atoms with Crippen LogP contribution in [0.4, 0.5) is 10.3 Å². The molecule has 1 heterocycles. The van der Waals surface area contributed by atoms with E-state index in [-0.39, 0.29) is 16.3 Å². The van der Waals surface area contributed by atoms with Gasteiger partial charge in [0.2, 0.25) is 21.5 Å². The average molecular weight is 322 g/mol. The molecule has 0 aliphatic heterocycles. The normalized spacial score (nSPS) is 11.6. The van der Waals surface area contributed by atoms with Crippen molar-refractivity contribution in [2.45, 2.75) is 0 Å². The molecule has 0 spiro atoms. The first-order chi connectivity index (χ1) is 9.19. The van der Waals surface area contributed by atoms with E-state index in [4.69, 9.17) is 16.0 Å². The number of benzene rings is 1. The molecule has 0 saturated carbocycles. The van der Waals surface area contributed by atoms with Gasteiger partial charge in [0.25, 0.3) is 5.88 Å². The predicted octanol–water partition coefficient (Wildman–Crippen LogP) is 2.52. The number of halogens is 2. The van der Waals surface area contributed by atoms with Gasteiger partial charge in [0.05, 0.1) is 11.3 Å². The van der Waals surface area contributed by atoms with Gasteiger partial charge in [-0.05, 0) is 18.2 Å². The van der Waals surface area contributed by atoms with Gasteiger partial charge in [-0.2, -0.15) is 0 Å². The third kappa shape index (κ3) is 2.81. The Balaban J connectivity index is 2.56. The standard InChI is InChI=1S/C11H9ClFNO5S/c1-20(17,18)14-11-9(16)8(15)10(19-11)6-3-2-5(13)4-7(6)12/h2-4,14-16H,1H3. The van der Waals surface area contributed by atoms with Gasteiger partial charge in [-0.1, -0.05) is 11.6 Å². The van der Waals surface area contributed by atoms with Gasteiger partial charge in [-0.25, -0.2) is 12.8 Å². The third-order valence-electron chi connectivity index (χ3n) is 2.31. The van der Waals surface area contributed by atoms with E-state index < -0.39 is 33.2 Å². The Bertz CT molecular complexity index is 771. The molecule has 0 amide bonds. The molecule has 0 radical (unpaired) electrons. The minimum Gasteiger partial charge on any atom is -0.502 e. The molecule has 0 unspecified atom stereocenters. The van der Waals surface area contributed by atoms with Crippen LogP contribution in [0.25, 0.3) is 11.3 Å². The van der Waals surface area contributed by atoms with E-state index in [1.54, 1.807) is 0 Å². The Labute approximate surface area is 118 Å². The Morgan fingerprint density at radius 3 is 2.50 bits per heavy atom. The number of rotatable bonds is 3. The first-order valence-electron chi connectivity index (χ1n) is 5.17. The van der Waals surface area contributed by atoms with Crippen LogP contribution in [-0.2, 0) is 10.0 Å². The largest absolute Gasteiger partial charge is 0.502 e. The van der Waals surface area contributed by atoms with Gasteiger partial charge in [-0.3, -0.25) is 4.72 Å². The molecule has 1 aromatic carbocycles. The molecule has 3 N–H and O–H groups in total. The number of hydrogen-bond donors (Lipinski definition) is 3. The minimum atomic E-state index is -3.71. The fourth-order valence-electron chi connectivity index (χ4n) is 1.51. The number of sulfonamides is 1. The topological polar surface area (TPSA) is 99.8 Å². The fourth-order valence-corrected chi connectivity index (χ4v) is 2.24. The minimum absolute atomic E-state index is 0.0695. The monoisotopic (exact) mass is 321 g/mol. The van der Waals surface area contributed by atoms with E-state index >= 15 is 0 Å². The lowest BCUT2D eigenvalue weighted by atomic mass is 10.1. The quantitative estimate of drug-likeness (QED) is 0.806. The van der Waals surface area contributed by atoms with Crippen molar-refractivity contribution < 1.29 is 27.4 Å². The molecule has 0 aliphatic rings. The highest BCUT2D eigenvalue weighted by atomic mass is 35.5. The van der Waals surface area contributed by atoms with Gasteiger partial charge < -0.3 is 14.6 Å². The first kappa shape index (κ1) is 14.5. The molecule has 2 rings (SSSR count). The van der Waals surface area contributed by atoms with Gasteiger partial charge in [0.15, 0.2) is 5.76 Å². The highest BCUT2D eigenvalue weighted by Gasteiger charge is 2.24. The summed E-state index contributed by atoms with van der Waals surface area (Å²) in [4.78, 5) is 0. The Morgan fingerprint density at radius 1 is 1.30 bits per heavy atom. The van der Waals surface area contributed by atoms with Crippen LogP contribution in [-0.4, -0.2) is 24.9 Å².